The largest absolute Gasteiger partial charge is 0.356 e. The van der Waals surface area contributed by atoms with Crippen LogP contribution in [0.25, 0.3) is 10.9 Å². The van der Waals surface area contributed by atoms with E-state index < -0.39 is 0 Å². The van der Waals surface area contributed by atoms with Gasteiger partial charge >= 0.3 is 0 Å². The Hall–Kier alpha value is -2.40. The first-order valence-electron chi connectivity index (χ1n) is 9.31. The first-order chi connectivity index (χ1) is 13.2. The van der Waals surface area contributed by atoms with Gasteiger partial charge in [-0.05, 0) is 68.0 Å². The first-order valence-corrected chi connectivity index (χ1v) is 10.5. The lowest BCUT2D eigenvalue weighted by Gasteiger charge is -2.33. The lowest BCUT2D eigenvalue weighted by molar-refractivity contribution is 0.0902. The molecule has 4 rings (SSSR count). The molecule has 1 atom stereocenters. The van der Waals surface area contributed by atoms with Crippen LogP contribution in [0.2, 0.25) is 0 Å². The maximum Gasteiger partial charge on any atom is 0.185 e. The van der Waals surface area contributed by atoms with Crippen molar-refractivity contribution >= 4 is 34.3 Å². The zero-order valence-corrected chi connectivity index (χ0v) is 16.5. The molecule has 138 valence electrons. The van der Waals surface area contributed by atoms with Gasteiger partial charge < -0.3 is 4.90 Å². The van der Waals surface area contributed by atoms with Crippen LogP contribution in [0.1, 0.15) is 28.9 Å². The van der Waals surface area contributed by atoms with Gasteiger partial charge in [-0.1, -0.05) is 6.07 Å². The molecule has 1 fully saturated rings. The predicted molar refractivity (Wildman–Crippen MR) is 112 cm³/mol. The van der Waals surface area contributed by atoms with Gasteiger partial charge in [-0.25, -0.2) is 4.98 Å². The summed E-state index contributed by atoms with van der Waals surface area (Å²) in [7, 11) is 0. The predicted octanol–water partition coefficient (Wildman–Crippen LogP) is 4.76. The summed E-state index contributed by atoms with van der Waals surface area (Å²) >= 11 is 1.74. The quantitative estimate of drug-likeness (QED) is 0.485. The lowest BCUT2D eigenvalue weighted by Crippen LogP contribution is -2.39. The molecule has 0 N–H and O–H groups in total. The third kappa shape index (κ3) is 3.69. The van der Waals surface area contributed by atoms with Crippen LogP contribution < -0.4 is 4.90 Å². The van der Waals surface area contributed by atoms with Crippen molar-refractivity contribution in [3.8, 4) is 0 Å². The summed E-state index contributed by atoms with van der Waals surface area (Å²) in [6, 6.07) is 14.1. The van der Waals surface area contributed by atoms with Crippen molar-refractivity contribution < 1.29 is 4.79 Å². The maximum atomic E-state index is 12.8. The molecule has 0 spiro atoms. The molecule has 1 aromatic carbocycles. The minimum atomic E-state index is -0.0229. The van der Waals surface area contributed by atoms with Crippen LogP contribution in [-0.2, 0) is 0 Å². The van der Waals surface area contributed by atoms with E-state index in [1.54, 1.807) is 18.0 Å². The van der Waals surface area contributed by atoms with Gasteiger partial charge in [0, 0.05) is 35.5 Å². The Morgan fingerprint density at radius 1 is 1.22 bits per heavy atom. The van der Waals surface area contributed by atoms with E-state index in [0.717, 1.165) is 30.7 Å². The van der Waals surface area contributed by atoms with E-state index in [2.05, 4.69) is 47.3 Å². The van der Waals surface area contributed by atoms with E-state index >= 15 is 0 Å². The zero-order chi connectivity index (χ0) is 18.8. The van der Waals surface area contributed by atoms with Crippen molar-refractivity contribution in [2.45, 2.75) is 24.7 Å². The Kier molecular flexibility index (Phi) is 5.12. The minimum Gasteiger partial charge on any atom is -0.356 e. The molecular formula is C22H23N3OS. The number of carbonyl (C=O) groups is 1. The summed E-state index contributed by atoms with van der Waals surface area (Å²) in [5.41, 5.74) is 2.81. The second-order valence-corrected chi connectivity index (χ2v) is 7.92. The molecular weight excluding hydrogens is 354 g/mol. The number of fused-ring (bicyclic) bond motifs is 1. The first kappa shape index (κ1) is 18.0. The molecule has 0 aliphatic carbocycles. The van der Waals surface area contributed by atoms with Gasteiger partial charge in [0.25, 0.3) is 0 Å². The Morgan fingerprint density at radius 3 is 2.89 bits per heavy atom. The van der Waals surface area contributed by atoms with E-state index in [1.165, 1.54) is 15.8 Å². The highest BCUT2D eigenvalue weighted by Crippen LogP contribution is 2.29. The number of hydrogen-bond acceptors (Lipinski definition) is 5. The average molecular weight is 378 g/mol. The van der Waals surface area contributed by atoms with Crippen molar-refractivity contribution in [2.75, 3.05) is 24.2 Å². The number of pyridine rings is 2. The fraction of sp³-hybridized carbons (Fsp3) is 0.318. The Bertz CT molecular complexity index is 974. The summed E-state index contributed by atoms with van der Waals surface area (Å²) in [6.45, 7) is 3.78. The monoisotopic (exact) mass is 377 g/mol. The van der Waals surface area contributed by atoms with Crippen LogP contribution in [0.5, 0.6) is 0 Å². The van der Waals surface area contributed by atoms with E-state index in [9.17, 15) is 4.79 Å². The Morgan fingerprint density at radius 2 is 2.11 bits per heavy atom. The van der Waals surface area contributed by atoms with E-state index in [0.29, 0.717) is 12.2 Å². The molecule has 1 unspecified atom stereocenters. The van der Waals surface area contributed by atoms with Crippen LogP contribution >= 0.6 is 11.8 Å². The number of hydrogen-bond donors (Lipinski definition) is 0. The number of carbonyl (C=O) groups excluding carboxylic acids is 1. The van der Waals surface area contributed by atoms with Crippen molar-refractivity contribution in [1.29, 1.82) is 0 Å². The van der Waals surface area contributed by atoms with Crippen LogP contribution in [0.15, 0.2) is 53.6 Å². The van der Waals surface area contributed by atoms with Gasteiger partial charge in [0.1, 0.15) is 11.5 Å². The number of Topliss-reactive ketones (excluding diaryl/α,β-unsaturated/α-hetero) is 1. The maximum absolute atomic E-state index is 12.8. The SMILES string of the molecule is CSc1ccc2nc(N3CCCC(C(=O)c4ccccn4)C3)cc(C)c2c1. The molecule has 3 heterocycles. The topological polar surface area (TPSA) is 46.1 Å². The summed E-state index contributed by atoms with van der Waals surface area (Å²) in [6.07, 6.45) is 5.68. The second kappa shape index (κ2) is 7.69. The van der Waals surface area contributed by atoms with Gasteiger partial charge in [0.05, 0.1) is 5.52 Å². The average Bonchev–Trinajstić information content (AvgIpc) is 2.73. The zero-order valence-electron chi connectivity index (χ0n) is 15.7. The number of nitrogens with zero attached hydrogens (tertiary/aromatic N) is 3. The van der Waals surface area contributed by atoms with Crippen molar-refractivity contribution in [1.82, 2.24) is 9.97 Å². The third-order valence-corrected chi connectivity index (χ3v) is 5.97. The number of aromatic nitrogens is 2. The number of benzene rings is 1. The fourth-order valence-corrected chi connectivity index (χ4v) is 4.20. The molecule has 1 saturated heterocycles. The molecule has 0 radical (unpaired) electrons. The van der Waals surface area contributed by atoms with Gasteiger partial charge in [-0.15, -0.1) is 11.8 Å². The van der Waals surface area contributed by atoms with Gasteiger partial charge in [-0.2, -0.15) is 0 Å². The van der Waals surface area contributed by atoms with Gasteiger partial charge in [-0.3, -0.25) is 9.78 Å². The summed E-state index contributed by atoms with van der Waals surface area (Å²) < 4.78 is 0. The summed E-state index contributed by atoms with van der Waals surface area (Å²) in [5.74, 6) is 1.09. The molecule has 1 aliphatic heterocycles. The Balaban J connectivity index is 1.60. The molecule has 27 heavy (non-hydrogen) atoms. The molecule has 5 heteroatoms. The molecule has 0 saturated carbocycles. The van der Waals surface area contributed by atoms with E-state index in [-0.39, 0.29) is 11.7 Å². The van der Waals surface area contributed by atoms with Crippen LogP contribution in [0.3, 0.4) is 0 Å². The van der Waals surface area contributed by atoms with Crippen molar-refractivity contribution in [2.24, 2.45) is 5.92 Å². The number of ketones is 1. The van der Waals surface area contributed by atoms with Gasteiger partial charge in [0.15, 0.2) is 5.78 Å². The van der Waals surface area contributed by atoms with Crippen LogP contribution in [0.4, 0.5) is 5.82 Å². The van der Waals surface area contributed by atoms with E-state index in [1.807, 2.05) is 18.2 Å². The van der Waals surface area contributed by atoms with Crippen LogP contribution in [0, 0.1) is 12.8 Å². The summed E-state index contributed by atoms with van der Waals surface area (Å²) in [5, 5.41) is 1.20. The second-order valence-electron chi connectivity index (χ2n) is 7.04. The van der Waals surface area contributed by atoms with E-state index in [4.69, 9.17) is 4.98 Å². The molecule has 0 bridgehead atoms. The highest BCUT2D eigenvalue weighted by Gasteiger charge is 2.28. The molecule has 2 aromatic heterocycles. The minimum absolute atomic E-state index is 0.0229. The standard InChI is InChI=1S/C22H23N3OS/c1-15-12-21(24-19-9-8-17(27-2)13-18(15)19)25-11-5-6-16(14-25)22(26)20-7-3-4-10-23-20/h3-4,7-10,12-13,16H,5-6,11,14H2,1-2H3. The van der Waals surface area contributed by atoms with Crippen LogP contribution in [-0.4, -0.2) is 35.1 Å². The highest BCUT2D eigenvalue weighted by atomic mass is 32.2. The lowest BCUT2D eigenvalue weighted by atomic mass is 9.92. The number of anilines is 1. The highest BCUT2D eigenvalue weighted by molar-refractivity contribution is 7.98. The third-order valence-electron chi connectivity index (χ3n) is 5.24. The number of rotatable bonds is 4. The number of thioether (sulfide) groups is 1. The number of piperidine rings is 1. The normalized spacial score (nSPS) is 17.3. The Labute approximate surface area is 164 Å². The van der Waals surface area contributed by atoms with Crippen molar-refractivity contribution in [3.05, 3.63) is 59.9 Å². The summed E-state index contributed by atoms with van der Waals surface area (Å²) in [4.78, 5) is 25.4. The molecule has 3 aromatic rings. The van der Waals surface area contributed by atoms with Crippen molar-refractivity contribution in [3.63, 3.8) is 0 Å². The molecule has 4 nitrogen and oxygen atoms in total. The molecule has 1 aliphatic rings. The number of aryl methyl sites for hydroxylation is 1. The fourth-order valence-electron chi connectivity index (χ4n) is 3.76. The molecule has 0 amide bonds. The van der Waals surface area contributed by atoms with Gasteiger partial charge in [0.2, 0.25) is 0 Å². The smallest absolute Gasteiger partial charge is 0.185 e.